The van der Waals surface area contributed by atoms with Gasteiger partial charge in [-0.2, -0.15) is 0 Å². The second kappa shape index (κ2) is 7.88. The van der Waals surface area contributed by atoms with Crippen molar-refractivity contribution in [2.75, 3.05) is 26.7 Å². The smallest absolute Gasteiger partial charge is 0.176 e. The van der Waals surface area contributed by atoms with Crippen LogP contribution < -0.4 is 4.74 Å². The van der Waals surface area contributed by atoms with Gasteiger partial charge < -0.3 is 4.74 Å². The topological polar surface area (TPSA) is 29.5 Å². The van der Waals surface area contributed by atoms with Gasteiger partial charge in [0.25, 0.3) is 0 Å². The molecular formula is C15H23NO2. The van der Waals surface area contributed by atoms with E-state index in [-0.39, 0.29) is 5.78 Å². The molecule has 1 rings (SSSR count). The highest BCUT2D eigenvalue weighted by Gasteiger charge is 2.11. The molecule has 0 amide bonds. The summed E-state index contributed by atoms with van der Waals surface area (Å²) in [5.41, 5.74) is 0.757. The third kappa shape index (κ3) is 4.49. The molecule has 0 aromatic heterocycles. The van der Waals surface area contributed by atoms with Gasteiger partial charge >= 0.3 is 0 Å². The SMILES string of the molecule is CCCN(CCC)CC(=O)c1ccc(OC)cc1. The predicted octanol–water partition coefficient (Wildman–Crippen LogP) is 3.00. The second-order valence-corrected chi connectivity index (χ2v) is 4.43. The van der Waals surface area contributed by atoms with Crippen molar-refractivity contribution in [3.8, 4) is 5.75 Å². The lowest BCUT2D eigenvalue weighted by atomic mass is 10.1. The average molecular weight is 249 g/mol. The van der Waals surface area contributed by atoms with Crippen LogP contribution in [0.5, 0.6) is 5.75 Å². The molecule has 1 aromatic carbocycles. The van der Waals surface area contributed by atoms with E-state index < -0.39 is 0 Å². The molecule has 0 spiro atoms. The molecule has 0 atom stereocenters. The Morgan fingerprint density at radius 3 is 2.11 bits per heavy atom. The van der Waals surface area contributed by atoms with Crippen molar-refractivity contribution >= 4 is 5.78 Å². The Bertz CT molecular complexity index is 353. The van der Waals surface area contributed by atoms with Crippen molar-refractivity contribution in [3.05, 3.63) is 29.8 Å². The summed E-state index contributed by atoms with van der Waals surface area (Å²) in [5, 5.41) is 0. The lowest BCUT2D eigenvalue weighted by molar-refractivity contribution is 0.0930. The molecule has 3 heteroatoms. The van der Waals surface area contributed by atoms with Crippen LogP contribution in [0.2, 0.25) is 0 Å². The van der Waals surface area contributed by atoms with Crippen LogP contribution in [0, 0.1) is 0 Å². The summed E-state index contributed by atoms with van der Waals surface area (Å²) >= 11 is 0. The quantitative estimate of drug-likeness (QED) is 0.663. The van der Waals surface area contributed by atoms with E-state index in [1.807, 2.05) is 24.3 Å². The minimum atomic E-state index is 0.180. The number of carbonyl (C=O) groups is 1. The minimum Gasteiger partial charge on any atom is -0.497 e. The number of hydrogen-bond acceptors (Lipinski definition) is 3. The Labute approximate surface area is 110 Å². The summed E-state index contributed by atoms with van der Waals surface area (Å²) < 4.78 is 5.09. The molecule has 1 aromatic rings. The lowest BCUT2D eigenvalue weighted by Gasteiger charge is -2.19. The van der Waals surface area contributed by atoms with Crippen LogP contribution in [0.25, 0.3) is 0 Å². The zero-order valence-corrected chi connectivity index (χ0v) is 11.6. The maximum Gasteiger partial charge on any atom is 0.176 e. The van der Waals surface area contributed by atoms with Gasteiger partial charge in [0.15, 0.2) is 5.78 Å². The summed E-state index contributed by atoms with van der Waals surface area (Å²) in [6.45, 7) is 6.75. The van der Waals surface area contributed by atoms with E-state index >= 15 is 0 Å². The van der Waals surface area contributed by atoms with Gasteiger partial charge in [-0.1, -0.05) is 13.8 Å². The number of ketones is 1. The van der Waals surface area contributed by atoms with Gasteiger partial charge in [-0.15, -0.1) is 0 Å². The van der Waals surface area contributed by atoms with E-state index in [1.54, 1.807) is 7.11 Å². The third-order valence-electron chi connectivity index (χ3n) is 2.86. The number of rotatable bonds is 8. The van der Waals surface area contributed by atoms with Gasteiger partial charge in [0.2, 0.25) is 0 Å². The molecular weight excluding hydrogens is 226 g/mol. The Balaban J connectivity index is 2.61. The van der Waals surface area contributed by atoms with Crippen LogP contribution in [0.15, 0.2) is 24.3 Å². The highest BCUT2D eigenvalue weighted by Crippen LogP contribution is 2.12. The maximum absolute atomic E-state index is 12.1. The minimum absolute atomic E-state index is 0.180. The summed E-state index contributed by atoms with van der Waals surface area (Å²) in [6, 6.07) is 7.32. The zero-order chi connectivity index (χ0) is 13.4. The van der Waals surface area contributed by atoms with Gasteiger partial charge in [0, 0.05) is 5.56 Å². The Morgan fingerprint density at radius 1 is 1.11 bits per heavy atom. The van der Waals surface area contributed by atoms with E-state index in [9.17, 15) is 4.79 Å². The first kappa shape index (κ1) is 14.7. The Kier molecular flexibility index (Phi) is 6.44. The normalized spacial score (nSPS) is 10.7. The second-order valence-electron chi connectivity index (χ2n) is 4.43. The van der Waals surface area contributed by atoms with E-state index in [2.05, 4.69) is 18.7 Å². The van der Waals surface area contributed by atoms with E-state index in [4.69, 9.17) is 4.74 Å². The molecule has 0 fully saturated rings. The molecule has 0 aliphatic rings. The first-order valence-electron chi connectivity index (χ1n) is 6.60. The van der Waals surface area contributed by atoms with Crippen LogP contribution in [-0.4, -0.2) is 37.4 Å². The fourth-order valence-electron chi connectivity index (χ4n) is 1.97. The molecule has 0 heterocycles. The lowest BCUT2D eigenvalue weighted by Crippen LogP contribution is -2.31. The highest BCUT2D eigenvalue weighted by atomic mass is 16.5. The van der Waals surface area contributed by atoms with Crippen molar-refractivity contribution in [3.63, 3.8) is 0 Å². The Morgan fingerprint density at radius 2 is 1.67 bits per heavy atom. The zero-order valence-electron chi connectivity index (χ0n) is 11.6. The number of Topliss-reactive ketones (excluding diaryl/α,β-unsaturated/α-hetero) is 1. The third-order valence-corrected chi connectivity index (χ3v) is 2.86. The van der Waals surface area contributed by atoms with Gasteiger partial charge in [-0.05, 0) is 50.2 Å². The summed E-state index contributed by atoms with van der Waals surface area (Å²) in [6.07, 6.45) is 2.16. The molecule has 3 nitrogen and oxygen atoms in total. The van der Waals surface area contributed by atoms with Crippen molar-refractivity contribution in [1.82, 2.24) is 4.90 Å². The molecule has 0 bridgehead atoms. The molecule has 0 aliphatic carbocycles. The summed E-state index contributed by atoms with van der Waals surface area (Å²) in [7, 11) is 1.63. The summed E-state index contributed by atoms with van der Waals surface area (Å²) in [5.74, 6) is 0.963. The molecule has 0 saturated carbocycles. The molecule has 0 unspecified atom stereocenters. The molecule has 18 heavy (non-hydrogen) atoms. The molecule has 0 saturated heterocycles. The predicted molar refractivity (Wildman–Crippen MR) is 74.3 cm³/mol. The largest absolute Gasteiger partial charge is 0.497 e. The van der Waals surface area contributed by atoms with Gasteiger partial charge in [0.1, 0.15) is 5.75 Å². The van der Waals surface area contributed by atoms with Crippen LogP contribution in [-0.2, 0) is 0 Å². The monoisotopic (exact) mass is 249 g/mol. The molecule has 100 valence electrons. The number of ether oxygens (including phenoxy) is 1. The highest BCUT2D eigenvalue weighted by molar-refractivity contribution is 5.97. The fourth-order valence-corrected chi connectivity index (χ4v) is 1.97. The van der Waals surface area contributed by atoms with E-state index in [0.717, 1.165) is 37.2 Å². The van der Waals surface area contributed by atoms with Gasteiger partial charge in [-0.3, -0.25) is 9.69 Å². The van der Waals surface area contributed by atoms with E-state index in [1.165, 1.54) is 0 Å². The van der Waals surface area contributed by atoms with Crippen LogP contribution in [0.4, 0.5) is 0 Å². The van der Waals surface area contributed by atoms with Crippen LogP contribution in [0.1, 0.15) is 37.0 Å². The number of methoxy groups -OCH3 is 1. The van der Waals surface area contributed by atoms with Crippen molar-refractivity contribution in [1.29, 1.82) is 0 Å². The van der Waals surface area contributed by atoms with Gasteiger partial charge in [-0.25, -0.2) is 0 Å². The Hall–Kier alpha value is -1.35. The fraction of sp³-hybridized carbons (Fsp3) is 0.533. The average Bonchev–Trinajstić information content (AvgIpc) is 2.39. The molecule has 0 aliphatic heterocycles. The van der Waals surface area contributed by atoms with E-state index in [0.29, 0.717) is 6.54 Å². The summed E-state index contributed by atoms with van der Waals surface area (Å²) in [4.78, 5) is 14.3. The number of nitrogens with zero attached hydrogens (tertiary/aromatic N) is 1. The van der Waals surface area contributed by atoms with Crippen molar-refractivity contribution in [2.45, 2.75) is 26.7 Å². The number of hydrogen-bond donors (Lipinski definition) is 0. The standard InChI is InChI=1S/C15H23NO2/c1-4-10-16(11-5-2)12-15(17)13-6-8-14(18-3)9-7-13/h6-9H,4-5,10-12H2,1-3H3. The maximum atomic E-state index is 12.1. The van der Waals surface area contributed by atoms with Crippen LogP contribution in [0.3, 0.4) is 0 Å². The van der Waals surface area contributed by atoms with Gasteiger partial charge in [0.05, 0.1) is 13.7 Å². The number of carbonyl (C=O) groups excluding carboxylic acids is 1. The van der Waals surface area contributed by atoms with Crippen molar-refractivity contribution < 1.29 is 9.53 Å². The number of benzene rings is 1. The first-order valence-corrected chi connectivity index (χ1v) is 6.60. The van der Waals surface area contributed by atoms with Crippen molar-refractivity contribution in [2.24, 2.45) is 0 Å². The molecule has 0 N–H and O–H groups in total. The molecule has 0 radical (unpaired) electrons. The van der Waals surface area contributed by atoms with Crippen LogP contribution >= 0.6 is 0 Å². The first-order chi connectivity index (χ1) is 8.71.